The van der Waals surface area contributed by atoms with E-state index in [2.05, 4.69) is 20.2 Å². The van der Waals surface area contributed by atoms with E-state index >= 15 is 0 Å². The molecular weight excluding hydrogens is 432 g/mol. The van der Waals surface area contributed by atoms with Gasteiger partial charge >= 0.3 is 0 Å². The van der Waals surface area contributed by atoms with E-state index in [-0.39, 0.29) is 17.7 Å². The highest BCUT2D eigenvalue weighted by Crippen LogP contribution is 2.26. The second-order valence-electron chi connectivity index (χ2n) is 8.27. The molecule has 4 rings (SSSR count). The highest BCUT2D eigenvalue weighted by molar-refractivity contribution is 5.62. The number of hydrogen-bond acceptors (Lipinski definition) is 8. The number of rotatable bonds is 8. The zero-order valence-corrected chi connectivity index (χ0v) is 20.4. The van der Waals surface area contributed by atoms with Crippen molar-refractivity contribution in [3.63, 3.8) is 0 Å². The summed E-state index contributed by atoms with van der Waals surface area (Å²) in [6.07, 6.45) is 1.71. The van der Waals surface area contributed by atoms with Crippen LogP contribution in [-0.2, 0) is 11.3 Å². The zero-order chi connectivity index (χ0) is 24.2. The molecule has 1 aliphatic rings. The van der Waals surface area contributed by atoms with Gasteiger partial charge in [-0.25, -0.2) is 15.0 Å². The molecule has 0 saturated carbocycles. The van der Waals surface area contributed by atoms with Gasteiger partial charge in [0.25, 0.3) is 5.56 Å². The van der Waals surface area contributed by atoms with Gasteiger partial charge in [-0.3, -0.25) is 9.36 Å². The van der Waals surface area contributed by atoms with Crippen molar-refractivity contribution in [1.82, 2.24) is 19.5 Å². The van der Waals surface area contributed by atoms with Gasteiger partial charge in [0, 0.05) is 44.1 Å². The number of hydrogen-bond donors (Lipinski definition) is 1. The van der Waals surface area contributed by atoms with Crippen LogP contribution < -0.4 is 20.5 Å². The summed E-state index contributed by atoms with van der Waals surface area (Å²) in [6, 6.07) is 9.47. The molecule has 0 bridgehead atoms. The number of aromatic nitrogens is 4. The largest absolute Gasteiger partial charge is 0.481 e. The molecular formula is C25H32N6O3. The van der Waals surface area contributed by atoms with Crippen LogP contribution in [-0.4, -0.2) is 58.5 Å². The summed E-state index contributed by atoms with van der Waals surface area (Å²) in [7, 11) is 1.58. The lowest BCUT2D eigenvalue weighted by atomic mass is 10.1. The molecule has 0 aromatic carbocycles. The minimum absolute atomic E-state index is 0.0734. The third kappa shape index (κ3) is 4.61. The average molecular weight is 465 g/mol. The third-order valence-electron chi connectivity index (χ3n) is 6.13. The Labute approximate surface area is 199 Å². The normalized spacial score (nSPS) is 17.7. The molecule has 0 aliphatic carbocycles. The Hall–Kier alpha value is -3.46. The molecule has 1 N–H and O–H groups in total. The molecule has 3 aromatic heterocycles. The Kier molecular flexibility index (Phi) is 7.12. The summed E-state index contributed by atoms with van der Waals surface area (Å²) < 4.78 is 12.9. The predicted octanol–water partition coefficient (Wildman–Crippen LogP) is 3.05. The Morgan fingerprint density at radius 2 is 1.91 bits per heavy atom. The SMILES string of the molecule is CCO[C@H]1CN(c2ccccn2)CC1Nc1c(C)nc(-c2ccc(OC)nc2C)n(CC)c1=O. The predicted molar refractivity (Wildman–Crippen MR) is 133 cm³/mol. The first kappa shape index (κ1) is 23.7. The number of aryl methyl sites for hydroxylation is 2. The first-order valence-electron chi connectivity index (χ1n) is 11.6. The van der Waals surface area contributed by atoms with Crippen molar-refractivity contribution < 1.29 is 9.47 Å². The highest BCUT2D eigenvalue weighted by Gasteiger charge is 2.35. The van der Waals surface area contributed by atoms with Gasteiger partial charge in [-0.15, -0.1) is 0 Å². The quantitative estimate of drug-likeness (QED) is 0.544. The van der Waals surface area contributed by atoms with Crippen molar-refractivity contribution in [3.8, 4) is 17.3 Å². The van der Waals surface area contributed by atoms with Crippen molar-refractivity contribution in [2.45, 2.75) is 46.4 Å². The smallest absolute Gasteiger partial charge is 0.277 e. The zero-order valence-electron chi connectivity index (χ0n) is 20.4. The monoisotopic (exact) mass is 464 g/mol. The van der Waals surface area contributed by atoms with Crippen molar-refractivity contribution in [2.75, 3.05) is 37.0 Å². The van der Waals surface area contributed by atoms with E-state index in [4.69, 9.17) is 14.5 Å². The Bertz CT molecular complexity index is 1200. The lowest BCUT2D eigenvalue weighted by Crippen LogP contribution is -2.38. The molecule has 34 heavy (non-hydrogen) atoms. The van der Waals surface area contributed by atoms with Gasteiger partial charge in [0.2, 0.25) is 5.88 Å². The fourth-order valence-corrected chi connectivity index (χ4v) is 4.42. The summed E-state index contributed by atoms with van der Waals surface area (Å²) in [5, 5.41) is 3.47. The molecule has 0 amide bonds. The fourth-order valence-electron chi connectivity index (χ4n) is 4.42. The minimum Gasteiger partial charge on any atom is -0.481 e. The van der Waals surface area contributed by atoms with E-state index in [0.717, 1.165) is 17.1 Å². The summed E-state index contributed by atoms with van der Waals surface area (Å²) >= 11 is 0. The summed E-state index contributed by atoms with van der Waals surface area (Å²) in [5.41, 5.74) is 2.61. The molecule has 180 valence electrons. The van der Waals surface area contributed by atoms with E-state index < -0.39 is 0 Å². The molecule has 1 fully saturated rings. The van der Waals surface area contributed by atoms with E-state index in [9.17, 15) is 4.79 Å². The van der Waals surface area contributed by atoms with Gasteiger partial charge in [0.15, 0.2) is 0 Å². The van der Waals surface area contributed by atoms with Gasteiger partial charge in [-0.05, 0) is 45.9 Å². The number of methoxy groups -OCH3 is 1. The molecule has 0 spiro atoms. The van der Waals surface area contributed by atoms with E-state index in [1.807, 2.05) is 52.0 Å². The van der Waals surface area contributed by atoms with Gasteiger partial charge in [-0.1, -0.05) is 6.07 Å². The maximum absolute atomic E-state index is 13.6. The first-order valence-corrected chi connectivity index (χ1v) is 11.6. The van der Waals surface area contributed by atoms with Crippen LogP contribution in [0.3, 0.4) is 0 Å². The van der Waals surface area contributed by atoms with Crippen LogP contribution in [0.25, 0.3) is 11.4 Å². The maximum atomic E-state index is 13.6. The summed E-state index contributed by atoms with van der Waals surface area (Å²) in [6.45, 7) is 10.1. The van der Waals surface area contributed by atoms with Crippen LogP contribution in [0, 0.1) is 13.8 Å². The van der Waals surface area contributed by atoms with Crippen LogP contribution in [0.15, 0.2) is 41.3 Å². The van der Waals surface area contributed by atoms with Crippen molar-refractivity contribution >= 4 is 11.5 Å². The second-order valence-corrected chi connectivity index (χ2v) is 8.27. The topological polar surface area (TPSA) is 94.4 Å². The summed E-state index contributed by atoms with van der Waals surface area (Å²) in [4.78, 5) is 29.5. The van der Waals surface area contributed by atoms with Crippen molar-refractivity contribution in [2.24, 2.45) is 0 Å². The first-order chi connectivity index (χ1) is 16.5. The molecule has 1 saturated heterocycles. The molecule has 9 heteroatoms. The minimum atomic E-state index is -0.105. The van der Waals surface area contributed by atoms with Crippen molar-refractivity contribution in [3.05, 3.63) is 58.3 Å². The molecule has 1 aliphatic heterocycles. The van der Waals surface area contributed by atoms with Crippen LogP contribution in [0.4, 0.5) is 11.5 Å². The Morgan fingerprint density at radius 1 is 1.09 bits per heavy atom. The second kappa shape index (κ2) is 10.2. The number of ether oxygens (including phenoxy) is 2. The molecule has 0 radical (unpaired) electrons. The number of pyridine rings is 2. The van der Waals surface area contributed by atoms with Crippen LogP contribution in [0.5, 0.6) is 5.88 Å². The van der Waals surface area contributed by atoms with E-state index in [0.29, 0.717) is 49.3 Å². The number of nitrogens with one attached hydrogen (secondary N) is 1. The van der Waals surface area contributed by atoms with Crippen LogP contribution >= 0.6 is 0 Å². The summed E-state index contributed by atoms with van der Waals surface area (Å²) in [5.74, 6) is 2.03. The van der Waals surface area contributed by atoms with Gasteiger partial charge in [-0.2, -0.15) is 0 Å². The van der Waals surface area contributed by atoms with E-state index in [1.54, 1.807) is 23.9 Å². The lowest BCUT2D eigenvalue weighted by molar-refractivity contribution is 0.0720. The maximum Gasteiger partial charge on any atom is 0.277 e. The molecule has 4 heterocycles. The Balaban J connectivity index is 1.67. The molecule has 3 aromatic rings. The van der Waals surface area contributed by atoms with E-state index in [1.165, 1.54) is 0 Å². The molecule has 9 nitrogen and oxygen atoms in total. The molecule has 1 unspecified atom stereocenters. The standard InChI is InChI=1S/C25H32N6O3/c1-6-31-24(18-11-12-22(33-5)27-16(18)3)28-17(4)23(25(31)32)29-19-14-30(15-20(19)34-7-2)21-10-8-9-13-26-21/h8-13,19-20,29H,6-7,14-15H2,1-5H3/t19?,20-/m0/s1. The third-order valence-corrected chi connectivity index (χ3v) is 6.13. The van der Waals surface area contributed by atoms with Crippen molar-refractivity contribution in [1.29, 1.82) is 0 Å². The highest BCUT2D eigenvalue weighted by atomic mass is 16.5. The average Bonchev–Trinajstić information content (AvgIpc) is 3.24. The fraction of sp³-hybridized carbons (Fsp3) is 0.440. The lowest BCUT2D eigenvalue weighted by Gasteiger charge is -2.22. The Morgan fingerprint density at radius 3 is 2.56 bits per heavy atom. The number of anilines is 2. The number of nitrogens with zero attached hydrogens (tertiary/aromatic N) is 5. The van der Waals surface area contributed by atoms with Crippen LogP contribution in [0.2, 0.25) is 0 Å². The van der Waals surface area contributed by atoms with Gasteiger partial charge < -0.3 is 19.7 Å². The molecule has 2 atom stereocenters. The van der Waals surface area contributed by atoms with Gasteiger partial charge in [0.05, 0.1) is 30.6 Å². The van der Waals surface area contributed by atoms with Crippen LogP contribution in [0.1, 0.15) is 25.2 Å². The van der Waals surface area contributed by atoms with Gasteiger partial charge in [0.1, 0.15) is 17.3 Å².